The summed E-state index contributed by atoms with van der Waals surface area (Å²) < 4.78 is 0. The van der Waals surface area contributed by atoms with Gasteiger partial charge in [0.25, 0.3) is 0 Å². The molecule has 2 fully saturated rings. The van der Waals surface area contributed by atoms with Crippen molar-refractivity contribution in [3.8, 4) is 0 Å². The van der Waals surface area contributed by atoms with Gasteiger partial charge in [-0.1, -0.05) is 6.42 Å². The second-order valence-corrected chi connectivity index (χ2v) is 5.10. The van der Waals surface area contributed by atoms with Crippen LogP contribution in [0, 0.1) is 5.41 Å². The highest BCUT2D eigenvalue weighted by Crippen LogP contribution is 2.16. The van der Waals surface area contributed by atoms with E-state index in [1.807, 2.05) is 0 Å². The third-order valence-corrected chi connectivity index (χ3v) is 3.79. The fourth-order valence-electron chi connectivity index (χ4n) is 2.75. The van der Waals surface area contributed by atoms with Gasteiger partial charge in [-0.3, -0.25) is 10.3 Å². The molecule has 0 aromatic carbocycles. The standard InChI is InChI=1S/C12H24N4/c13-11-5-2-1-4-10(15-11)7-9-16-8-3-6-12(16)14/h10,12H,1-9,14H2,(H2,13,15). The molecule has 16 heavy (non-hydrogen) atoms. The van der Waals surface area contributed by atoms with Crippen LogP contribution in [-0.2, 0) is 0 Å². The van der Waals surface area contributed by atoms with Crippen LogP contribution in [-0.4, -0.2) is 36.0 Å². The van der Waals surface area contributed by atoms with Gasteiger partial charge in [0.05, 0.1) is 12.0 Å². The first-order valence-electron chi connectivity index (χ1n) is 6.59. The molecule has 0 aromatic heterocycles. The maximum Gasteiger partial charge on any atom is 0.0933 e. The lowest BCUT2D eigenvalue weighted by Gasteiger charge is -2.24. The van der Waals surface area contributed by atoms with Gasteiger partial charge in [-0.2, -0.15) is 0 Å². The van der Waals surface area contributed by atoms with Gasteiger partial charge in [0.15, 0.2) is 0 Å². The minimum absolute atomic E-state index is 0.283. The molecule has 2 heterocycles. The van der Waals surface area contributed by atoms with Crippen LogP contribution in [0.1, 0.15) is 44.9 Å². The minimum Gasteiger partial charge on any atom is -0.371 e. The minimum atomic E-state index is 0.283. The quantitative estimate of drug-likeness (QED) is 0.676. The first-order valence-corrected chi connectivity index (χ1v) is 6.59. The summed E-state index contributed by atoms with van der Waals surface area (Å²) in [7, 11) is 0. The second-order valence-electron chi connectivity index (χ2n) is 5.10. The van der Waals surface area contributed by atoms with E-state index in [-0.39, 0.29) is 6.17 Å². The first kappa shape index (κ1) is 11.9. The Bertz CT molecular complexity index is 241. The average Bonchev–Trinajstić information content (AvgIpc) is 2.54. The first-order chi connectivity index (χ1) is 7.75. The predicted octanol–water partition coefficient (Wildman–Crippen LogP) is 1.27. The van der Waals surface area contributed by atoms with E-state index in [9.17, 15) is 0 Å². The van der Waals surface area contributed by atoms with Gasteiger partial charge in [0.2, 0.25) is 0 Å². The second kappa shape index (κ2) is 5.64. The zero-order valence-corrected chi connectivity index (χ0v) is 10.0. The van der Waals surface area contributed by atoms with Crippen LogP contribution in [0.2, 0.25) is 0 Å². The van der Waals surface area contributed by atoms with Gasteiger partial charge in [-0.05, 0) is 38.6 Å². The zero-order chi connectivity index (χ0) is 11.4. The zero-order valence-electron chi connectivity index (χ0n) is 10.0. The summed E-state index contributed by atoms with van der Waals surface area (Å²) in [4.78, 5) is 2.39. The topological polar surface area (TPSA) is 65.1 Å². The van der Waals surface area contributed by atoms with Crippen molar-refractivity contribution in [3.63, 3.8) is 0 Å². The Morgan fingerprint density at radius 3 is 2.94 bits per heavy atom. The number of likely N-dealkylation sites (tertiary alicyclic amines) is 1. The Morgan fingerprint density at radius 2 is 2.19 bits per heavy atom. The fourth-order valence-corrected chi connectivity index (χ4v) is 2.75. The van der Waals surface area contributed by atoms with Gasteiger partial charge >= 0.3 is 0 Å². The monoisotopic (exact) mass is 224 g/mol. The van der Waals surface area contributed by atoms with E-state index in [2.05, 4.69) is 10.2 Å². The van der Waals surface area contributed by atoms with E-state index >= 15 is 0 Å². The van der Waals surface area contributed by atoms with Crippen molar-refractivity contribution in [1.82, 2.24) is 10.2 Å². The van der Waals surface area contributed by atoms with Crippen LogP contribution in [0.4, 0.5) is 0 Å². The number of nitrogens with one attached hydrogen (secondary N) is 2. The van der Waals surface area contributed by atoms with Crippen molar-refractivity contribution in [3.05, 3.63) is 0 Å². The fraction of sp³-hybridized carbons (Fsp3) is 0.917. The van der Waals surface area contributed by atoms with Crippen LogP contribution in [0.25, 0.3) is 0 Å². The number of hydrogen-bond acceptors (Lipinski definition) is 3. The van der Waals surface area contributed by atoms with Crippen molar-refractivity contribution in [1.29, 1.82) is 5.41 Å². The molecule has 0 aromatic rings. The van der Waals surface area contributed by atoms with Gasteiger partial charge < -0.3 is 11.1 Å². The lowest BCUT2D eigenvalue weighted by Crippen LogP contribution is -2.40. The summed E-state index contributed by atoms with van der Waals surface area (Å²) in [5.74, 6) is 0.730. The van der Waals surface area contributed by atoms with E-state index < -0.39 is 0 Å². The lowest BCUT2D eigenvalue weighted by molar-refractivity contribution is 0.244. The summed E-state index contributed by atoms with van der Waals surface area (Å²) >= 11 is 0. The highest BCUT2D eigenvalue weighted by atomic mass is 15.2. The molecule has 4 nitrogen and oxygen atoms in total. The summed E-state index contributed by atoms with van der Waals surface area (Å²) in [6, 6.07) is 0.503. The van der Waals surface area contributed by atoms with E-state index in [0.29, 0.717) is 6.04 Å². The largest absolute Gasteiger partial charge is 0.371 e. The molecule has 0 spiro atoms. The number of rotatable bonds is 3. The number of nitrogens with two attached hydrogens (primary N) is 1. The molecular formula is C12H24N4. The van der Waals surface area contributed by atoms with Gasteiger partial charge in [-0.15, -0.1) is 0 Å². The number of amidine groups is 1. The third kappa shape index (κ3) is 3.19. The Hall–Kier alpha value is -0.610. The predicted molar refractivity (Wildman–Crippen MR) is 66.5 cm³/mol. The molecule has 92 valence electrons. The van der Waals surface area contributed by atoms with Gasteiger partial charge in [0, 0.05) is 19.0 Å². The Labute approximate surface area is 98.1 Å². The molecule has 0 bridgehead atoms. The van der Waals surface area contributed by atoms with E-state index in [1.54, 1.807) is 0 Å². The molecular weight excluding hydrogens is 200 g/mol. The van der Waals surface area contributed by atoms with E-state index in [4.69, 9.17) is 11.1 Å². The Kier molecular flexibility index (Phi) is 4.18. The molecule has 2 saturated heterocycles. The summed E-state index contributed by atoms with van der Waals surface area (Å²) in [5, 5.41) is 11.1. The van der Waals surface area contributed by atoms with Crippen molar-refractivity contribution in [2.24, 2.45) is 5.73 Å². The van der Waals surface area contributed by atoms with Crippen LogP contribution >= 0.6 is 0 Å². The number of hydrogen-bond donors (Lipinski definition) is 3. The molecule has 2 rings (SSSR count). The Balaban J connectivity index is 1.73. The van der Waals surface area contributed by atoms with E-state index in [1.165, 1.54) is 25.7 Å². The van der Waals surface area contributed by atoms with Crippen molar-refractivity contribution in [2.75, 3.05) is 13.1 Å². The highest BCUT2D eigenvalue weighted by molar-refractivity contribution is 5.79. The van der Waals surface area contributed by atoms with Gasteiger partial charge in [-0.25, -0.2) is 0 Å². The molecule has 2 unspecified atom stereocenters. The van der Waals surface area contributed by atoms with Crippen molar-refractivity contribution < 1.29 is 0 Å². The normalized spacial score (nSPS) is 32.4. The summed E-state index contributed by atoms with van der Waals surface area (Å²) in [5.41, 5.74) is 6.02. The average molecular weight is 224 g/mol. The maximum absolute atomic E-state index is 7.74. The van der Waals surface area contributed by atoms with Crippen LogP contribution < -0.4 is 11.1 Å². The van der Waals surface area contributed by atoms with Crippen LogP contribution in [0.5, 0.6) is 0 Å². The molecule has 2 aliphatic rings. The molecule has 4 heteroatoms. The molecule has 2 aliphatic heterocycles. The van der Waals surface area contributed by atoms with Crippen LogP contribution in [0.15, 0.2) is 0 Å². The molecule has 0 amide bonds. The lowest BCUT2D eigenvalue weighted by atomic mass is 10.1. The summed E-state index contributed by atoms with van der Waals surface area (Å²) in [6.45, 7) is 2.25. The highest BCUT2D eigenvalue weighted by Gasteiger charge is 2.22. The van der Waals surface area contributed by atoms with Crippen molar-refractivity contribution >= 4 is 5.84 Å². The molecule has 4 N–H and O–H groups in total. The molecule has 2 atom stereocenters. The van der Waals surface area contributed by atoms with Crippen LogP contribution in [0.3, 0.4) is 0 Å². The molecule has 0 saturated carbocycles. The third-order valence-electron chi connectivity index (χ3n) is 3.79. The Morgan fingerprint density at radius 1 is 1.31 bits per heavy atom. The maximum atomic E-state index is 7.74. The summed E-state index contributed by atoms with van der Waals surface area (Å²) in [6.07, 6.45) is 8.38. The van der Waals surface area contributed by atoms with Gasteiger partial charge in [0.1, 0.15) is 0 Å². The number of nitrogens with zero attached hydrogens (tertiary/aromatic N) is 1. The SMILES string of the molecule is N=C1CCCCC(CCN2CCCC2N)N1. The molecule has 0 radical (unpaired) electrons. The van der Waals surface area contributed by atoms with E-state index in [0.717, 1.165) is 38.2 Å². The molecule has 0 aliphatic carbocycles. The smallest absolute Gasteiger partial charge is 0.0933 e. The van der Waals surface area contributed by atoms with Crippen molar-refractivity contribution in [2.45, 2.75) is 57.2 Å².